The van der Waals surface area contributed by atoms with Crippen LogP contribution in [0.15, 0.2) is 60.9 Å². The van der Waals surface area contributed by atoms with Gasteiger partial charge in [0.1, 0.15) is 12.4 Å². The number of hydrogen-bond acceptors (Lipinski definition) is 5. The molecule has 0 saturated carbocycles. The smallest absolute Gasteiger partial charge is 0.258 e. The molecule has 1 aliphatic rings. The predicted molar refractivity (Wildman–Crippen MR) is 91.4 cm³/mol. The molecule has 1 aromatic carbocycles. The summed E-state index contributed by atoms with van der Waals surface area (Å²) in [5.41, 5.74) is 2.91. The lowest BCUT2D eigenvalue weighted by molar-refractivity contribution is 0.0996. The van der Waals surface area contributed by atoms with E-state index in [0.717, 1.165) is 11.3 Å². The lowest BCUT2D eigenvalue weighted by Crippen LogP contribution is -2.23. The average molecular weight is 333 g/mol. The number of ether oxygens (including phenoxy) is 1. The number of rotatable bonds is 4. The van der Waals surface area contributed by atoms with Gasteiger partial charge in [-0.05, 0) is 42.0 Å². The van der Waals surface area contributed by atoms with Crippen molar-refractivity contribution in [2.45, 2.75) is 13.2 Å². The summed E-state index contributed by atoms with van der Waals surface area (Å²) in [6.45, 7) is 0.749. The third-order valence-electron chi connectivity index (χ3n) is 4.02. The second-order valence-corrected chi connectivity index (χ2v) is 5.70. The molecule has 1 N–H and O–H groups in total. The van der Waals surface area contributed by atoms with Crippen LogP contribution in [0.5, 0.6) is 11.6 Å². The summed E-state index contributed by atoms with van der Waals surface area (Å²) in [6.07, 6.45) is 3.32. The van der Waals surface area contributed by atoms with Gasteiger partial charge in [-0.2, -0.15) is 0 Å². The van der Waals surface area contributed by atoms with Crippen molar-refractivity contribution < 1.29 is 14.6 Å². The molecule has 0 aliphatic carbocycles. The molecule has 0 unspecified atom stereocenters. The molecule has 0 bridgehead atoms. The Morgan fingerprint density at radius 1 is 1.12 bits per heavy atom. The van der Waals surface area contributed by atoms with Crippen LogP contribution in [0.1, 0.15) is 21.6 Å². The Hall–Kier alpha value is -3.41. The highest BCUT2D eigenvalue weighted by Crippen LogP contribution is 2.30. The Kier molecular flexibility index (Phi) is 3.78. The van der Waals surface area contributed by atoms with Gasteiger partial charge in [0.15, 0.2) is 0 Å². The van der Waals surface area contributed by atoms with Crippen molar-refractivity contribution in [1.29, 1.82) is 0 Å². The molecular weight excluding hydrogens is 318 g/mol. The second-order valence-electron chi connectivity index (χ2n) is 5.70. The first kappa shape index (κ1) is 15.1. The zero-order valence-corrected chi connectivity index (χ0v) is 13.3. The molecule has 0 saturated heterocycles. The molecule has 25 heavy (non-hydrogen) atoms. The molecule has 4 rings (SSSR count). The summed E-state index contributed by atoms with van der Waals surface area (Å²) in [7, 11) is 0. The zero-order chi connectivity index (χ0) is 17.2. The van der Waals surface area contributed by atoms with Crippen molar-refractivity contribution in [3.63, 3.8) is 0 Å². The number of fused-ring (bicyclic) bond motifs is 1. The normalized spacial score (nSPS) is 13.0. The maximum Gasteiger partial charge on any atom is 0.258 e. The highest BCUT2D eigenvalue weighted by atomic mass is 16.5. The number of carbonyl (C=O) groups is 1. The fourth-order valence-electron chi connectivity index (χ4n) is 2.76. The minimum Gasteiger partial charge on any atom is -0.508 e. The summed E-state index contributed by atoms with van der Waals surface area (Å²) < 4.78 is 5.60. The van der Waals surface area contributed by atoms with E-state index in [1.54, 1.807) is 41.6 Å². The van der Waals surface area contributed by atoms with E-state index in [1.165, 1.54) is 6.07 Å². The van der Waals surface area contributed by atoms with Gasteiger partial charge in [0.05, 0.1) is 24.1 Å². The van der Waals surface area contributed by atoms with Crippen LogP contribution in [-0.4, -0.2) is 21.0 Å². The summed E-state index contributed by atoms with van der Waals surface area (Å²) in [4.78, 5) is 22.6. The van der Waals surface area contributed by atoms with Gasteiger partial charge in [-0.15, -0.1) is 0 Å². The number of carbonyl (C=O) groups excluding carboxylic acids is 1. The first-order valence-corrected chi connectivity index (χ1v) is 7.83. The highest BCUT2D eigenvalue weighted by Gasteiger charge is 2.28. The molecule has 1 amide bonds. The fourth-order valence-corrected chi connectivity index (χ4v) is 2.76. The summed E-state index contributed by atoms with van der Waals surface area (Å²) in [6, 6.07) is 13.9. The van der Waals surface area contributed by atoms with Gasteiger partial charge in [-0.1, -0.05) is 6.07 Å². The van der Waals surface area contributed by atoms with E-state index in [4.69, 9.17) is 4.74 Å². The standard InChI is InChI=1S/C19H15N3O3/c23-16-5-6-17-13(9-16)11-22(19(17)24)15-4-7-18(21-10-15)25-12-14-3-1-2-8-20-14/h1-10,23H,11-12H2. The van der Waals surface area contributed by atoms with E-state index in [1.807, 2.05) is 18.2 Å². The number of aromatic hydroxyl groups is 1. The van der Waals surface area contributed by atoms with Gasteiger partial charge in [-0.25, -0.2) is 4.98 Å². The molecule has 6 nitrogen and oxygen atoms in total. The summed E-state index contributed by atoms with van der Waals surface area (Å²) >= 11 is 0. The Labute approximate surface area is 144 Å². The van der Waals surface area contributed by atoms with Crippen LogP contribution in [0, 0.1) is 0 Å². The van der Waals surface area contributed by atoms with Crippen molar-refractivity contribution in [2.24, 2.45) is 0 Å². The molecular formula is C19H15N3O3. The minimum atomic E-state index is -0.0982. The van der Waals surface area contributed by atoms with Crippen LogP contribution in [0.25, 0.3) is 0 Å². The van der Waals surface area contributed by atoms with Gasteiger partial charge in [-0.3, -0.25) is 9.78 Å². The number of pyridine rings is 2. The number of nitrogens with zero attached hydrogens (tertiary/aromatic N) is 3. The zero-order valence-electron chi connectivity index (χ0n) is 13.3. The quantitative estimate of drug-likeness (QED) is 0.794. The van der Waals surface area contributed by atoms with E-state index in [-0.39, 0.29) is 11.7 Å². The van der Waals surface area contributed by atoms with Crippen LogP contribution < -0.4 is 9.64 Å². The highest BCUT2D eigenvalue weighted by molar-refractivity contribution is 6.10. The molecule has 0 atom stereocenters. The summed E-state index contributed by atoms with van der Waals surface area (Å²) in [5.74, 6) is 0.528. The number of aromatic nitrogens is 2. The maximum absolute atomic E-state index is 12.5. The molecule has 0 radical (unpaired) electrons. The number of phenols is 1. The molecule has 6 heteroatoms. The van der Waals surface area contributed by atoms with Crippen molar-refractivity contribution in [3.05, 3.63) is 77.7 Å². The van der Waals surface area contributed by atoms with E-state index < -0.39 is 0 Å². The van der Waals surface area contributed by atoms with Gasteiger partial charge in [0, 0.05) is 17.8 Å². The Balaban J connectivity index is 1.47. The van der Waals surface area contributed by atoms with Crippen LogP contribution >= 0.6 is 0 Å². The number of phenolic OH excluding ortho intramolecular Hbond substituents is 1. The van der Waals surface area contributed by atoms with Gasteiger partial charge >= 0.3 is 0 Å². The first-order chi connectivity index (χ1) is 12.2. The maximum atomic E-state index is 12.5. The molecule has 0 spiro atoms. The Morgan fingerprint density at radius 2 is 2.04 bits per heavy atom. The number of benzene rings is 1. The molecule has 3 heterocycles. The lowest BCUT2D eigenvalue weighted by Gasteiger charge is -2.15. The third kappa shape index (κ3) is 3.01. The van der Waals surface area contributed by atoms with Gasteiger partial charge in [0.25, 0.3) is 5.91 Å². The van der Waals surface area contributed by atoms with Crippen molar-refractivity contribution >= 4 is 11.6 Å². The van der Waals surface area contributed by atoms with E-state index >= 15 is 0 Å². The summed E-state index contributed by atoms with van der Waals surface area (Å²) in [5, 5.41) is 9.57. The van der Waals surface area contributed by atoms with E-state index in [9.17, 15) is 9.90 Å². The first-order valence-electron chi connectivity index (χ1n) is 7.83. The molecule has 3 aromatic rings. The van der Waals surface area contributed by atoms with E-state index in [2.05, 4.69) is 9.97 Å². The molecule has 124 valence electrons. The van der Waals surface area contributed by atoms with Crippen LogP contribution in [0.4, 0.5) is 5.69 Å². The predicted octanol–water partition coefficient (Wildman–Crippen LogP) is 2.92. The SMILES string of the molecule is O=C1c2ccc(O)cc2CN1c1ccc(OCc2ccccn2)nc1. The monoisotopic (exact) mass is 333 g/mol. The van der Waals surface area contributed by atoms with E-state index in [0.29, 0.717) is 30.3 Å². The van der Waals surface area contributed by atoms with Crippen molar-refractivity contribution in [1.82, 2.24) is 9.97 Å². The Morgan fingerprint density at radius 3 is 2.80 bits per heavy atom. The van der Waals surface area contributed by atoms with Gasteiger partial charge in [0.2, 0.25) is 5.88 Å². The number of anilines is 1. The minimum absolute atomic E-state index is 0.0982. The number of amides is 1. The van der Waals surface area contributed by atoms with Crippen molar-refractivity contribution in [3.8, 4) is 11.6 Å². The lowest BCUT2D eigenvalue weighted by atomic mass is 10.1. The average Bonchev–Trinajstić information content (AvgIpc) is 2.97. The van der Waals surface area contributed by atoms with Crippen LogP contribution in [0.2, 0.25) is 0 Å². The molecule has 1 aliphatic heterocycles. The number of hydrogen-bond donors (Lipinski definition) is 1. The van der Waals surface area contributed by atoms with Crippen LogP contribution in [-0.2, 0) is 13.2 Å². The third-order valence-corrected chi connectivity index (χ3v) is 4.02. The molecule has 0 fully saturated rings. The van der Waals surface area contributed by atoms with Crippen molar-refractivity contribution in [2.75, 3.05) is 4.90 Å². The molecule has 2 aromatic heterocycles. The van der Waals surface area contributed by atoms with Gasteiger partial charge < -0.3 is 14.7 Å². The largest absolute Gasteiger partial charge is 0.508 e. The Bertz CT molecular complexity index is 911. The topological polar surface area (TPSA) is 75.5 Å². The second kappa shape index (κ2) is 6.24. The fraction of sp³-hybridized carbons (Fsp3) is 0.105. The van der Waals surface area contributed by atoms with Crippen LogP contribution in [0.3, 0.4) is 0 Å².